The zero-order valence-corrected chi connectivity index (χ0v) is 9.71. The van der Waals surface area contributed by atoms with E-state index in [1.165, 1.54) is 4.90 Å². The minimum Gasteiger partial charge on any atom is -0.359 e. The molecule has 3 rings (SSSR count). The maximum absolute atomic E-state index is 11.9. The van der Waals surface area contributed by atoms with Crippen LogP contribution in [0.5, 0.6) is 0 Å². The summed E-state index contributed by atoms with van der Waals surface area (Å²) in [6, 6.07) is 8.69. The van der Waals surface area contributed by atoms with E-state index in [0.717, 1.165) is 5.69 Å². The maximum Gasteiger partial charge on any atom is 0.299 e. The fourth-order valence-corrected chi connectivity index (χ4v) is 2.05. The minimum absolute atomic E-state index is 0.225. The number of aromatic nitrogens is 1. The van der Waals surface area contributed by atoms with Gasteiger partial charge in [-0.15, -0.1) is 0 Å². The summed E-state index contributed by atoms with van der Waals surface area (Å²) in [5, 5.41) is 3.76. The number of ketones is 1. The van der Waals surface area contributed by atoms with Gasteiger partial charge in [-0.3, -0.25) is 14.5 Å². The normalized spacial score (nSPS) is 14.2. The van der Waals surface area contributed by atoms with E-state index >= 15 is 0 Å². The van der Waals surface area contributed by atoms with Gasteiger partial charge < -0.3 is 4.52 Å². The zero-order chi connectivity index (χ0) is 12.7. The summed E-state index contributed by atoms with van der Waals surface area (Å²) in [5.74, 6) is -0.433. The summed E-state index contributed by atoms with van der Waals surface area (Å²) in [7, 11) is 0. The number of hydrogen-bond acceptors (Lipinski definition) is 4. The average molecular weight is 242 g/mol. The van der Waals surface area contributed by atoms with E-state index in [9.17, 15) is 9.59 Å². The highest BCUT2D eigenvalue weighted by Crippen LogP contribution is 2.29. The number of benzene rings is 1. The van der Waals surface area contributed by atoms with Gasteiger partial charge in [0.25, 0.3) is 11.7 Å². The summed E-state index contributed by atoms with van der Waals surface area (Å²) in [6.07, 6.45) is 0. The first-order valence-corrected chi connectivity index (χ1v) is 5.54. The second-order valence-electron chi connectivity index (χ2n) is 4.17. The van der Waals surface area contributed by atoms with Gasteiger partial charge in [0.2, 0.25) is 0 Å². The summed E-state index contributed by atoms with van der Waals surface area (Å²) in [4.78, 5) is 25.1. The van der Waals surface area contributed by atoms with Crippen molar-refractivity contribution in [3.05, 3.63) is 47.3 Å². The van der Waals surface area contributed by atoms with Crippen LogP contribution in [0.15, 0.2) is 34.9 Å². The second kappa shape index (κ2) is 3.80. The van der Waals surface area contributed by atoms with Crippen LogP contribution in [0.3, 0.4) is 0 Å². The molecule has 0 N–H and O–H groups in total. The third kappa shape index (κ3) is 1.52. The van der Waals surface area contributed by atoms with Gasteiger partial charge >= 0.3 is 0 Å². The van der Waals surface area contributed by atoms with Gasteiger partial charge in [-0.25, -0.2) is 0 Å². The lowest BCUT2D eigenvalue weighted by Crippen LogP contribution is -2.28. The van der Waals surface area contributed by atoms with Gasteiger partial charge in [-0.2, -0.15) is 0 Å². The topological polar surface area (TPSA) is 63.4 Å². The lowest BCUT2D eigenvalue weighted by Gasteiger charge is -2.13. The summed E-state index contributed by atoms with van der Waals surface area (Å²) in [6.45, 7) is 2.03. The molecule has 5 heteroatoms. The lowest BCUT2D eigenvalue weighted by atomic mass is 10.1. The van der Waals surface area contributed by atoms with E-state index in [2.05, 4.69) is 5.16 Å². The maximum atomic E-state index is 11.9. The van der Waals surface area contributed by atoms with Crippen LogP contribution in [0.25, 0.3) is 0 Å². The highest BCUT2D eigenvalue weighted by molar-refractivity contribution is 6.52. The number of carbonyl (C=O) groups is 2. The van der Waals surface area contributed by atoms with Crippen molar-refractivity contribution in [1.29, 1.82) is 0 Å². The molecule has 0 fully saturated rings. The van der Waals surface area contributed by atoms with Crippen LogP contribution in [-0.4, -0.2) is 16.8 Å². The fraction of sp³-hybridized carbons (Fsp3) is 0.154. The molecule has 18 heavy (non-hydrogen) atoms. The van der Waals surface area contributed by atoms with Crippen LogP contribution >= 0.6 is 0 Å². The Balaban J connectivity index is 1.98. The number of hydrogen-bond donors (Lipinski definition) is 0. The van der Waals surface area contributed by atoms with Crippen molar-refractivity contribution in [2.45, 2.75) is 13.5 Å². The van der Waals surface area contributed by atoms with Gasteiger partial charge in [0.15, 0.2) is 5.76 Å². The van der Waals surface area contributed by atoms with Crippen molar-refractivity contribution in [2.24, 2.45) is 0 Å². The first kappa shape index (κ1) is 10.7. The van der Waals surface area contributed by atoms with E-state index in [-0.39, 0.29) is 6.54 Å². The first-order chi connectivity index (χ1) is 8.66. The molecule has 5 nitrogen and oxygen atoms in total. The van der Waals surface area contributed by atoms with Crippen LogP contribution in [0.2, 0.25) is 0 Å². The molecule has 0 aliphatic carbocycles. The predicted octanol–water partition coefficient (Wildman–Crippen LogP) is 1.71. The molecular weight excluding hydrogens is 232 g/mol. The Kier molecular flexibility index (Phi) is 2.26. The Labute approximate surface area is 103 Å². The molecule has 0 saturated carbocycles. The number of fused-ring (bicyclic) bond motifs is 1. The summed E-state index contributed by atoms with van der Waals surface area (Å²) < 4.78 is 5.07. The SMILES string of the molecule is Cc1cc(CN2C(=O)C(=O)c3ccccc32)on1. The predicted molar refractivity (Wildman–Crippen MR) is 63.2 cm³/mol. The monoisotopic (exact) mass is 242 g/mol. The van der Waals surface area contributed by atoms with Gasteiger partial charge in [0.05, 0.1) is 23.5 Å². The molecule has 1 aliphatic rings. The van der Waals surface area contributed by atoms with Crippen molar-refractivity contribution < 1.29 is 14.1 Å². The Bertz CT molecular complexity index is 645. The Morgan fingerprint density at radius 2 is 2.06 bits per heavy atom. The van der Waals surface area contributed by atoms with Gasteiger partial charge in [-0.1, -0.05) is 17.3 Å². The minimum atomic E-state index is -0.523. The molecule has 0 saturated heterocycles. The van der Waals surface area contributed by atoms with E-state index in [0.29, 0.717) is 17.0 Å². The molecule has 1 aliphatic heterocycles. The van der Waals surface area contributed by atoms with Gasteiger partial charge in [0.1, 0.15) is 0 Å². The fourth-order valence-electron chi connectivity index (χ4n) is 2.05. The Morgan fingerprint density at radius 1 is 1.28 bits per heavy atom. The molecule has 0 bridgehead atoms. The van der Waals surface area contributed by atoms with Crippen LogP contribution in [0, 0.1) is 6.92 Å². The van der Waals surface area contributed by atoms with E-state index < -0.39 is 11.7 Å². The first-order valence-electron chi connectivity index (χ1n) is 5.54. The highest BCUT2D eigenvalue weighted by Gasteiger charge is 2.35. The van der Waals surface area contributed by atoms with Crippen molar-refractivity contribution in [3.8, 4) is 0 Å². The highest BCUT2D eigenvalue weighted by atomic mass is 16.5. The van der Waals surface area contributed by atoms with Crippen molar-refractivity contribution in [3.63, 3.8) is 0 Å². The quantitative estimate of drug-likeness (QED) is 0.752. The number of rotatable bonds is 2. The third-order valence-corrected chi connectivity index (χ3v) is 2.87. The number of carbonyl (C=O) groups excluding carboxylic acids is 2. The zero-order valence-electron chi connectivity index (χ0n) is 9.71. The molecule has 90 valence electrons. The molecule has 2 aromatic rings. The molecule has 1 amide bonds. The number of amides is 1. The smallest absolute Gasteiger partial charge is 0.299 e. The second-order valence-corrected chi connectivity index (χ2v) is 4.17. The Hall–Kier alpha value is -2.43. The molecule has 1 aromatic heterocycles. The van der Waals surface area contributed by atoms with Crippen LogP contribution in [-0.2, 0) is 11.3 Å². The van der Waals surface area contributed by atoms with Crippen LogP contribution in [0.1, 0.15) is 21.8 Å². The van der Waals surface area contributed by atoms with E-state index in [4.69, 9.17) is 4.52 Å². The van der Waals surface area contributed by atoms with E-state index in [1.54, 1.807) is 37.3 Å². The van der Waals surface area contributed by atoms with Crippen molar-refractivity contribution in [1.82, 2.24) is 5.16 Å². The lowest BCUT2D eigenvalue weighted by molar-refractivity contribution is -0.114. The molecule has 0 unspecified atom stereocenters. The molecule has 0 spiro atoms. The van der Waals surface area contributed by atoms with Crippen LogP contribution in [0.4, 0.5) is 5.69 Å². The molecule has 0 atom stereocenters. The number of nitrogens with zero attached hydrogens (tertiary/aromatic N) is 2. The largest absolute Gasteiger partial charge is 0.359 e. The van der Waals surface area contributed by atoms with Gasteiger partial charge in [-0.05, 0) is 19.1 Å². The summed E-state index contributed by atoms with van der Waals surface area (Å²) >= 11 is 0. The molecule has 1 aromatic carbocycles. The number of aryl methyl sites for hydroxylation is 1. The van der Waals surface area contributed by atoms with Crippen LogP contribution < -0.4 is 4.90 Å². The average Bonchev–Trinajstić information content (AvgIpc) is 2.88. The molecular formula is C13H10N2O3. The number of para-hydroxylation sites is 1. The molecule has 0 radical (unpaired) electrons. The van der Waals surface area contributed by atoms with E-state index in [1.807, 2.05) is 0 Å². The number of anilines is 1. The Morgan fingerprint density at radius 3 is 2.78 bits per heavy atom. The van der Waals surface area contributed by atoms with Crippen molar-refractivity contribution >= 4 is 17.4 Å². The standard InChI is InChI=1S/C13H10N2O3/c1-8-6-9(18-14-8)7-15-11-5-3-2-4-10(11)12(16)13(15)17/h2-6H,7H2,1H3. The van der Waals surface area contributed by atoms with Crippen molar-refractivity contribution in [2.75, 3.05) is 4.90 Å². The summed E-state index contributed by atoms with van der Waals surface area (Å²) in [5.41, 5.74) is 1.82. The molecule has 2 heterocycles. The number of Topliss-reactive ketones (excluding diaryl/α,β-unsaturated/α-hetero) is 1. The third-order valence-electron chi connectivity index (χ3n) is 2.87. The van der Waals surface area contributed by atoms with Gasteiger partial charge in [0, 0.05) is 6.07 Å².